The summed E-state index contributed by atoms with van der Waals surface area (Å²) in [6, 6.07) is 0. The lowest BCUT2D eigenvalue weighted by atomic mass is 10.0. The van der Waals surface area contributed by atoms with Crippen LogP contribution in [0.15, 0.2) is 12.7 Å². The van der Waals surface area contributed by atoms with Crippen LogP contribution in [0, 0.1) is 5.92 Å². The lowest BCUT2D eigenvalue weighted by Gasteiger charge is -2.13. The zero-order valence-corrected chi connectivity index (χ0v) is 12.0. The van der Waals surface area contributed by atoms with Crippen molar-refractivity contribution in [2.24, 2.45) is 5.92 Å². The first kappa shape index (κ1) is 18.1. The van der Waals surface area contributed by atoms with Crippen LogP contribution in [-0.4, -0.2) is 50.7 Å². The lowest BCUT2D eigenvalue weighted by Crippen LogP contribution is -2.23. The number of carbonyl (C=O) groups excluding carboxylic acids is 1. The summed E-state index contributed by atoms with van der Waals surface area (Å²) in [4.78, 5) is 10.8. The third kappa shape index (κ3) is 11.9. The molecular formula is C14H26O5. The summed E-state index contributed by atoms with van der Waals surface area (Å²) in [6.07, 6.45) is 3.36. The number of esters is 1. The topological polar surface area (TPSA) is 65.0 Å². The Morgan fingerprint density at radius 3 is 2.68 bits per heavy atom. The number of hydrogen-bond donors (Lipinski definition) is 1. The maximum atomic E-state index is 10.8. The molecule has 5 heteroatoms. The fourth-order valence-corrected chi connectivity index (χ4v) is 1.50. The fraction of sp³-hybridized carbons (Fsp3) is 0.786. The molecule has 112 valence electrons. The number of ether oxygens (including phenoxy) is 3. The van der Waals surface area contributed by atoms with E-state index >= 15 is 0 Å². The van der Waals surface area contributed by atoms with Crippen LogP contribution in [0.1, 0.15) is 26.2 Å². The van der Waals surface area contributed by atoms with Gasteiger partial charge in [0.1, 0.15) is 12.7 Å². The van der Waals surface area contributed by atoms with Gasteiger partial charge in [0.05, 0.1) is 6.61 Å². The molecule has 0 aromatic heterocycles. The molecule has 0 spiro atoms. The SMILES string of the molecule is C=CC(=O)OCC(O)COCCCC(C)CCOC. The van der Waals surface area contributed by atoms with Crippen molar-refractivity contribution >= 4 is 5.97 Å². The summed E-state index contributed by atoms with van der Waals surface area (Å²) in [7, 11) is 1.70. The lowest BCUT2D eigenvalue weighted by molar-refractivity contribution is -0.141. The highest BCUT2D eigenvalue weighted by molar-refractivity contribution is 5.81. The number of aliphatic hydroxyl groups is 1. The molecule has 0 bridgehead atoms. The predicted molar refractivity (Wildman–Crippen MR) is 72.9 cm³/mol. The van der Waals surface area contributed by atoms with Crippen LogP contribution < -0.4 is 0 Å². The Kier molecular flexibility index (Phi) is 11.6. The maximum absolute atomic E-state index is 10.8. The molecule has 5 nitrogen and oxygen atoms in total. The molecule has 19 heavy (non-hydrogen) atoms. The fourth-order valence-electron chi connectivity index (χ4n) is 1.50. The molecular weight excluding hydrogens is 248 g/mol. The van der Waals surface area contributed by atoms with E-state index in [2.05, 4.69) is 13.5 Å². The van der Waals surface area contributed by atoms with Crippen molar-refractivity contribution in [3.05, 3.63) is 12.7 Å². The van der Waals surface area contributed by atoms with Crippen molar-refractivity contribution < 1.29 is 24.1 Å². The Morgan fingerprint density at radius 2 is 2.05 bits per heavy atom. The van der Waals surface area contributed by atoms with E-state index in [1.165, 1.54) is 0 Å². The highest BCUT2D eigenvalue weighted by atomic mass is 16.5. The third-order valence-electron chi connectivity index (χ3n) is 2.70. The van der Waals surface area contributed by atoms with Crippen LogP contribution in [0.3, 0.4) is 0 Å². The van der Waals surface area contributed by atoms with Gasteiger partial charge in [-0.05, 0) is 25.2 Å². The molecule has 0 rings (SSSR count). The summed E-state index contributed by atoms with van der Waals surface area (Å²) in [5.41, 5.74) is 0. The van der Waals surface area contributed by atoms with Gasteiger partial charge in [0, 0.05) is 26.4 Å². The van der Waals surface area contributed by atoms with Crippen molar-refractivity contribution in [2.75, 3.05) is 33.5 Å². The first-order valence-corrected chi connectivity index (χ1v) is 6.64. The molecule has 0 saturated carbocycles. The number of rotatable bonds is 12. The largest absolute Gasteiger partial charge is 0.460 e. The monoisotopic (exact) mass is 274 g/mol. The molecule has 1 N–H and O–H groups in total. The summed E-state index contributed by atoms with van der Waals surface area (Å²) >= 11 is 0. The Morgan fingerprint density at radius 1 is 1.32 bits per heavy atom. The van der Waals surface area contributed by atoms with E-state index in [1.54, 1.807) is 7.11 Å². The van der Waals surface area contributed by atoms with Gasteiger partial charge in [-0.3, -0.25) is 0 Å². The molecule has 0 aromatic rings. The Hall–Kier alpha value is -0.910. The van der Waals surface area contributed by atoms with Crippen molar-refractivity contribution in [1.29, 1.82) is 0 Å². The average molecular weight is 274 g/mol. The van der Waals surface area contributed by atoms with Crippen molar-refractivity contribution in [1.82, 2.24) is 0 Å². The molecule has 0 fully saturated rings. The quantitative estimate of drug-likeness (QED) is 0.332. The van der Waals surface area contributed by atoms with Gasteiger partial charge in [-0.15, -0.1) is 0 Å². The summed E-state index contributed by atoms with van der Waals surface area (Å²) in [6.45, 7) is 6.95. The maximum Gasteiger partial charge on any atom is 0.330 e. The van der Waals surface area contributed by atoms with Gasteiger partial charge in [0.25, 0.3) is 0 Å². The van der Waals surface area contributed by atoms with Crippen LogP contribution in [0.5, 0.6) is 0 Å². The summed E-state index contributed by atoms with van der Waals surface area (Å²) in [5, 5.41) is 9.47. The molecule has 2 atom stereocenters. The van der Waals surface area contributed by atoms with Crippen molar-refractivity contribution in [2.45, 2.75) is 32.3 Å². The predicted octanol–water partition coefficient (Wildman–Crippen LogP) is 1.55. The Balaban J connectivity index is 3.38. The van der Waals surface area contributed by atoms with Crippen LogP contribution in [0.4, 0.5) is 0 Å². The highest BCUT2D eigenvalue weighted by Crippen LogP contribution is 2.10. The Bertz CT molecular complexity index is 242. The smallest absolute Gasteiger partial charge is 0.330 e. The van der Waals surface area contributed by atoms with Gasteiger partial charge in [-0.1, -0.05) is 13.5 Å². The van der Waals surface area contributed by atoms with Crippen LogP contribution in [-0.2, 0) is 19.0 Å². The van der Waals surface area contributed by atoms with Gasteiger partial charge in [-0.2, -0.15) is 0 Å². The minimum atomic E-state index is -0.783. The van der Waals surface area contributed by atoms with Gasteiger partial charge >= 0.3 is 5.97 Å². The van der Waals surface area contributed by atoms with E-state index in [0.29, 0.717) is 12.5 Å². The molecule has 0 aliphatic rings. The van der Waals surface area contributed by atoms with Crippen molar-refractivity contribution in [3.8, 4) is 0 Å². The van der Waals surface area contributed by atoms with E-state index in [-0.39, 0.29) is 13.2 Å². The number of hydrogen-bond acceptors (Lipinski definition) is 5. The molecule has 0 aromatic carbocycles. The first-order chi connectivity index (χ1) is 9.10. The van der Waals surface area contributed by atoms with E-state index in [1.807, 2.05) is 0 Å². The number of carbonyl (C=O) groups is 1. The zero-order valence-electron chi connectivity index (χ0n) is 12.0. The van der Waals surface area contributed by atoms with Gasteiger partial charge in [0.15, 0.2) is 0 Å². The molecule has 0 amide bonds. The summed E-state index contributed by atoms with van der Waals surface area (Å²) < 4.78 is 15.0. The van der Waals surface area contributed by atoms with Gasteiger partial charge < -0.3 is 19.3 Å². The Labute approximate surface area is 115 Å². The molecule has 0 heterocycles. The zero-order chi connectivity index (χ0) is 14.5. The number of aliphatic hydroxyl groups excluding tert-OH is 1. The van der Waals surface area contributed by atoms with Crippen molar-refractivity contribution in [3.63, 3.8) is 0 Å². The molecule has 0 aliphatic carbocycles. The molecule has 0 radical (unpaired) electrons. The van der Waals surface area contributed by atoms with Crippen LogP contribution >= 0.6 is 0 Å². The second-order valence-electron chi connectivity index (χ2n) is 4.59. The van der Waals surface area contributed by atoms with E-state index < -0.39 is 12.1 Å². The average Bonchev–Trinajstić information content (AvgIpc) is 2.41. The normalized spacial score (nSPS) is 13.8. The highest BCUT2D eigenvalue weighted by Gasteiger charge is 2.07. The number of methoxy groups -OCH3 is 1. The minimum Gasteiger partial charge on any atom is -0.460 e. The molecule has 0 aliphatic heterocycles. The van der Waals surface area contributed by atoms with E-state index in [4.69, 9.17) is 14.2 Å². The van der Waals surface area contributed by atoms with Gasteiger partial charge in [-0.25, -0.2) is 4.79 Å². The van der Waals surface area contributed by atoms with Crippen LogP contribution in [0.2, 0.25) is 0 Å². The van der Waals surface area contributed by atoms with Gasteiger partial charge in [0.2, 0.25) is 0 Å². The van der Waals surface area contributed by atoms with E-state index in [9.17, 15) is 9.90 Å². The van der Waals surface area contributed by atoms with Crippen LogP contribution in [0.25, 0.3) is 0 Å². The van der Waals surface area contributed by atoms with E-state index in [0.717, 1.165) is 31.9 Å². The molecule has 0 saturated heterocycles. The second kappa shape index (κ2) is 12.1. The molecule has 2 unspecified atom stereocenters. The minimum absolute atomic E-state index is 0.0604. The first-order valence-electron chi connectivity index (χ1n) is 6.64. The standard InChI is InChI=1S/C14H26O5/c1-4-14(16)19-11-13(15)10-18-8-5-6-12(2)7-9-17-3/h4,12-13,15H,1,5-11H2,2-3H3. The second-order valence-corrected chi connectivity index (χ2v) is 4.59. The third-order valence-corrected chi connectivity index (χ3v) is 2.70. The summed E-state index contributed by atoms with van der Waals surface area (Å²) in [5.74, 6) is 0.0769.